The second kappa shape index (κ2) is 27.1. The molecule has 1 aliphatic rings. The molecule has 2 atom stereocenters. The Kier molecular flexibility index (Phi) is 25.0. The van der Waals surface area contributed by atoms with Gasteiger partial charge < -0.3 is 10.6 Å². The number of rotatable bonds is 29. The maximum absolute atomic E-state index is 12.8. The normalized spacial score (nSPS) is 14.7. The largest absolute Gasteiger partial charge is 0.372 e. The summed E-state index contributed by atoms with van der Waals surface area (Å²) in [6, 6.07) is 0.211. The lowest BCUT2D eigenvalue weighted by molar-refractivity contribution is -0.122. The van der Waals surface area contributed by atoms with Gasteiger partial charge in [-0.1, -0.05) is 162 Å². The van der Waals surface area contributed by atoms with Crippen molar-refractivity contribution in [3.05, 3.63) is 0 Å². The average molecular weight is 548 g/mol. The summed E-state index contributed by atoms with van der Waals surface area (Å²) in [5.41, 5.74) is 0. The summed E-state index contributed by atoms with van der Waals surface area (Å²) in [5, 5.41) is 6.94. The van der Waals surface area contributed by atoms with E-state index in [-0.39, 0.29) is 11.9 Å². The number of amides is 1. The summed E-state index contributed by atoms with van der Waals surface area (Å²) in [6.07, 6.45) is 33.9. The van der Waals surface area contributed by atoms with E-state index >= 15 is 0 Å². The smallest absolute Gasteiger partial charge is 0.220 e. The highest BCUT2D eigenvalue weighted by Gasteiger charge is 2.27. The SMILES string of the molecule is CCCCCCCCCCCCCCCC(=O)NC(CC)C(CCCCCCCCCCCC)C1=NCCN1. The maximum atomic E-state index is 12.8. The molecule has 2 unspecified atom stereocenters. The van der Waals surface area contributed by atoms with E-state index in [0.717, 1.165) is 38.2 Å². The van der Waals surface area contributed by atoms with Crippen molar-refractivity contribution in [2.75, 3.05) is 13.1 Å². The first-order valence-corrected chi connectivity index (χ1v) is 17.8. The Hall–Kier alpha value is -1.06. The first-order chi connectivity index (χ1) is 19.2. The van der Waals surface area contributed by atoms with Gasteiger partial charge in [0.1, 0.15) is 5.84 Å². The monoisotopic (exact) mass is 548 g/mol. The average Bonchev–Trinajstić information content (AvgIpc) is 3.48. The molecule has 0 aromatic rings. The van der Waals surface area contributed by atoms with Crippen LogP contribution in [0.25, 0.3) is 0 Å². The third-order valence-corrected chi connectivity index (χ3v) is 8.70. The van der Waals surface area contributed by atoms with Crippen LogP contribution in [-0.4, -0.2) is 30.9 Å². The molecule has 0 saturated carbocycles. The zero-order valence-electron chi connectivity index (χ0n) is 26.8. The van der Waals surface area contributed by atoms with Crippen molar-refractivity contribution < 1.29 is 4.79 Å². The Bertz CT molecular complexity index is 576. The van der Waals surface area contributed by atoms with Crippen molar-refractivity contribution in [3.63, 3.8) is 0 Å². The molecule has 1 aliphatic heterocycles. The minimum absolute atomic E-state index is 0.211. The van der Waals surface area contributed by atoms with E-state index in [2.05, 4.69) is 31.4 Å². The molecule has 0 fully saturated rings. The second-order valence-corrected chi connectivity index (χ2v) is 12.3. The van der Waals surface area contributed by atoms with Gasteiger partial charge in [-0.05, 0) is 19.3 Å². The standard InChI is InChI=1S/C35H69N3O/c1-4-7-9-11-13-15-17-18-19-21-23-25-27-29-34(39)38-33(6-3)32(35-36-30-31-37-35)28-26-24-22-20-16-14-12-10-8-5-2/h32-33H,4-31H2,1-3H3,(H,36,37)(H,38,39). The van der Waals surface area contributed by atoms with Crippen LogP contribution in [0.1, 0.15) is 188 Å². The summed E-state index contributed by atoms with van der Waals surface area (Å²) < 4.78 is 0. The number of carbonyl (C=O) groups excluding carboxylic acids is 1. The summed E-state index contributed by atoms with van der Waals surface area (Å²) >= 11 is 0. The molecule has 4 nitrogen and oxygen atoms in total. The Morgan fingerprint density at radius 2 is 1.10 bits per heavy atom. The van der Waals surface area contributed by atoms with Crippen molar-refractivity contribution in [1.82, 2.24) is 10.6 Å². The number of nitrogens with zero attached hydrogens (tertiary/aromatic N) is 1. The van der Waals surface area contributed by atoms with Crippen LogP contribution in [0.3, 0.4) is 0 Å². The molecule has 0 aromatic carbocycles. The summed E-state index contributed by atoms with van der Waals surface area (Å²) in [7, 11) is 0. The molecule has 4 heteroatoms. The van der Waals surface area contributed by atoms with Gasteiger partial charge in [-0.25, -0.2) is 0 Å². The zero-order chi connectivity index (χ0) is 28.2. The third-order valence-electron chi connectivity index (χ3n) is 8.70. The van der Waals surface area contributed by atoms with Crippen molar-refractivity contribution in [2.24, 2.45) is 10.9 Å². The summed E-state index contributed by atoms with van der Waals surface area (Å²) in [5.74, 6) is 1.75. The van der Waals surface area contributed by atoms with Gasteiger partial charge in [-0.3, -0.25) is 9.79 Å². The molecule has 0 bridgehead atoms. The molecule has 1 heterocycles. The van der Waals surface area contributed by atoms with Crippen LogP contribution < -0.4 is 10.6 Å². The zero-order valence-corrected chi connectivity index (χ0v) is 26.8. The number of carbonyl (C=O) groups is 1. The fourth-order valence-corrected chi connectivity index (χ4v) is 6.11. The number of nitrogens with one attached hydrogen (secondary N) is 2. The van der Waals surface area contributed by atoms with Crippen LogP contribution >= 0.6 is 0 Å². The lowest BCUT2D eigenvalue weighted by Gasteiger charge is -2.28. The Balaban J connectivity index is 2.16. The Morgan fingerprint density at radius 3 is 1.51 bits per heavy atom. The Morgan fingerprint density at radius 1 is 0.667 bits per heavy atom. The predicted octanol–water partition coefficient (Wildman–Crippen LogP) is 10.3. The van der Waals surface area contributed by atoms with Crippen molar-refractivity contribution in [3.8, 4) is 0 Å². The topological polar surface area (TPSA) is 53.5 Å². The maximum Gasteiger partial charge on any atom is 0.220 e. The molecule has 0 aliphatic carbocycles. The first-order valence-electron chi connectivity index (χ1n) is 17.8. The number of hydrogen-bond donors (Lipinski definition) is 2. The molecule has 1 rings (SSSR count). The highest BCUT2D eigenvalue weighted by Crippen LogP contribution is 2.21. The van der Waals surface area contributed by atoms with Gasteiger partial charge in [0, 0.05) is 24.9 Å². The third kappa shape index (κ3) is 20.5. The number of hydrogen-bond acceptors (Lipinski definition) is 3. The molecule has 0 saturated heterocycles. The molecule has 230 valence electrons. The lowest BCUT2D eigenvalue weighted by Crippen LogP contribution is -2.45. The van der Waals surface area contributed by atoms with Gasteiger partial charge in [0.05, 0.1) is 6.54 Å². The van der Waals surface area contributed by atoms with Crippen LogP contribution in [0.5, 0.6) is 0 Å². The van der Waals surface area contributed by atoms with E-state index < -0.39 is 0 Å². The van der Waals surface area contributed by atoms with Gasteiger partial charge in [0.15, 0.2) is 0 Å². The van der Waals surface area contributed by atoms with E-state index in [9.17, 15) is 4.79 Å². The summed E-state index contributed by atoms with van der Waals surface area (Å²) in [4.78, 5) is 17.6. The number of unbranched alkanes of at least 4 members (excludes halogenated alkanes) is 21. The van der Waals surface area contributed by atoms with Crippen LogP contribution in [0, 0.1) is 5.92 Å². The van der Waals surface area contributed by atoms with Crippen molar-refractivity contribution in [1.29, 1.82) is 0 Å². The number of amidine groups is 1. The summed E-state index contributed by atoms with van der Waals surface area (Å²) in [6.45, 7) is 8.63. The van der Waals surface area contributed by atoms with Crippen molar-refractivity contribution >= 4 is 11.7 Å². The second-order valence-electron chi connectivity index (χ2n) is 12.3. The molecular weight excluding hydrogens is 478 g/mol. The molecule has 2 N–H and O–H groups in total. The van der Waals surface area contributed by atoms with Crippen LogP contribution in [-0.2, 0) is 4.79 Å². The van der Waals surface area contributed by atoms with E-state index in [4.69, 9.17) is 4.99 Å². The van der Waals surface area contributed by atoms with E-state index in [1.54, 1.807) is 0 Å². The van der Waals surface area contributed by atoms with E-state index in [1.165, 1.54) is 141 Å². The van der Waals surface area contributed by atoms with Crippen LogP contribution in [0.4, 0.5) is 0 Å². The van der Waals surface area contributed by atoms with Crippen LogP contribution in [0.15, 0.2) is 4.99 Å². The lowest BCUT2D eigenvalue weighted by atomic mass is 9.89. The Labute approximate surface area is 244 Å². The van der Waals surface area contributed by atoms with Gasteiger partial charge >= 0.3 is 0 Å². The molecule has 0 aromatic heterocycles. The van der Waals surface area contributed by atoms with E-state index in [0.29, 0.717) is 12.3 Å². The minimum Gasteiger partial charge on any atom is -0.372 e. The van der Waals surface area contributed by atoms with Gasteiger partial charge in [-0.2, -0.15) is 0 Å². The molecule has 0 radical (unpaired) electrons. The number of aliphatic imine (C=N–C) groups is 1. The first kappa shape index (κ1) is 36.0. The molecule has 1 amide bonds. The van der Waals surface area contributed by atoms with Crippen molar-refractivity contribution in [2.45, 2.75) is 194 Å². The van der Waals surface area contributed by atoms with Gasteiger partial charge in [0.2, 0.25) is 5.91 Å². The fraction of sp³-hybridized carbons (Fsp3) is 0.943. The highest BCUT2D eigenvalue weighted by molar-refractivity contribution is 5.87. The van der Waals surface area contributed by atoms with E-state index in [1.807, 2.05) is 0 Å². The minimum atomic E-state index is 0.211. The quantitative estimate of drug-likeness (QED) is 0.0915. The highest BCUT2D eigenvalue weighted by atomic mass is 16.1. The molecular formula is C35H69N3O. The molecule has 39 heavy (non-hydrogen) atoms. The van der Waals surface area contributed by atoms with Gasteiger partial charge in [0.25, 0.3) is 0 Å². The van der Waals surface area contributed by atoms with Crippen LogP contribution in [0.2, 0.25) is 0 Å². The van der Waals surface area contributed by atoms with Gasteiger partial charge in [-0.15, -0.1) is 0 Å². The molecule has 0 spiro atoms. The fourth-order valence-electron chi connectivity index (χ4n) is 6.11. The predicted molar refractivity (Wildman–Crippen MR) is 173 cm³/mol.